The van der Waals surface area contributed by atoms with E-state index in [-0.39, 0.29) is 24.2 Å². The molecule has 160 valence electrons. The second-order valence-corrected chi connectivity index (χ2v) is 9.07. The maximum atomic E-state index is 12.4. The zero-order chi connectivity index (χ0) is 20.2. The summed E-state index contributed by atoms with van der Waals surface area (Å²) in [6.07, 6.45) is 4.21. The second kappa shape index (κ2) is 9.75. The van der Waals surface area contributed by atoms with E-state index in [9.17, 15) is 9.90 Å². The minimum Gasteiger partial charge on any atom is -0.389 e. The van der Waals surface area contributed by atoms with Crippen LogP contribution in [0.2, 0.25) is 5.02 Å². The number of nitrogens with zero attached hydrogens (tertiary/aromatic N) is 1. The Bertz CT molecular complexity index is 682. The van der Waals surface area contributed by atoms with Crippen LogP contribution in [0.1, 0.15) is 37.7 Å². The SMILES string of the molecule is O=C(C[C@H]1CC[C@@H]2[C@H](COC[C@@H](O)CN2CC2CC2)O1)NCc1ccc(Cl)cc1. The quantitative estimate of drug-likeness (QED) is 0.736. The predicted octanol–water partition coefficient (Wildman–Crippen LogP) is 2.37. The number of ether oxygens (including phenoxy) is 2. The van der Waals surface area contributed by atoms with Crippen molar-refractivity contribution in [1.82, 2.24) is 10.2 Å². The molecule has 1 aromatic carbocycles. The van der Waals surface area contributed by atoms with Crippen LogP contribution in [0.15, 0.2) is 24.3 Å². The molecule has 0 radical (unpaired) electrons. The van der Waals surface area contributed by atoms with Crippen LogP contribution in [-0.2, 0) is 20.8 Å². The van der Waals surface area contributed by atoms with Gasteiger partial charge < -0.3 is 19.9 Å². The van der Waals surface area contributed by atoms with Gasteiger partial charge in [0.2, 0.25) is 5.91 Å². The van der Waals surface area contributed by atoms with Crippen LogP contribution in [0, 0.1) is 5.92 Å². The van der Waals surface area contributed by atoms with E-state index in [0.717, 1.165) is 30.9 Å². The standard InChI is InChI=1S/C22H31ClN2O4/c23-17-5-3-15(4-6-17)10-24-22(27)9-19-7-8-20-21(29-19)14-28-13-18(26)12-25(20)11-16-1-2-16/h3-6,16,18-21,26H,1-2,7-14H2,(H,24,27)/t18-,19+,20+,21-/m0/s1. The third kappa shape index (κ3) is 6.15. The van der Waals surface area contributed by atoms with Crippen LogP contribution in [0.5, 0.6) is 0 Å². The first kappa shape index (κ1) is 21.1. The van der Waals surface area contributed by atoms with Gasteiger partial charge in [0.25, 0.3) is 0 Å². The average Bonchev–Trinajstić information content (AvgIpc) is 3.50. The molecule has 4 rings (SSSR count). The fourth-order valence-electron chi connectivity index (χ4n) is 4.37. The molecule has 2 aliphatic heterocycles. The number of aliphatic hydroxyl groups is 1. The van der Waals surface area contributed by atoms with Crippen molar-refractivity contribution in [1.29, 1.82) is 0 Å². The molecule has 3 aliphatic rings. The summed E-state index contributed by atoms with van der Waals surface area (Å²) < 4.78 is 12.0. The van der Waals surface area contributed by atoms with Gasteiger partial charge >= 0.3 is 0 Å². The second-order valence-electron chi connectivity index (χ2n) is 8.64. The number of hydrogen-bond donors (Lipinski definition) is 2. The minimum atomic E-state index is -0.439. The highest BCUT2D eigenvalue weighted by molar-refractivity contribution is 6.30. The molecule has 0 bridgehead atoms. The molecule has 1 amide bonds. The van der Waals surface area contributed by atoms with Crippen molar-refractivity contribution in [2.45, 2.75) is 63.0 Å². The Labute approximate surface area is 177 Å². The van der Waals surface area contributed by atoms with E-state index in [1.54, 1.807) is 0 Å². The molecule has 29 heavy (non-hydrogen) atoms. The van der Waals surface area contributed by atoms with Crippen LogP contribution in [0.3, 0.4) is 0 Å². The summed E-state index contributed by atoms with van der Waals surface area (Å²) in [6.45, 7) is 3.00. The van der Waals surface area contributed by atoms with E-state index in [1.165, 1.54) is 12.8 Å². The Kier molecular flexibility index (Phi) is 7.08. The minimum absolute atomic E-state index is 0.000390. The van der Waals surface area contributed by atoms with Gasteiger partial charge in [0.15, 0.2) is 0 Å². The number of benzene rings is 1. The molecule has 7 heteroatoms. The molecule has 1 aromatic rings. The first-order valence-corrected chi connectivity index (χ1v) is 11.1. The van der Waals surface area contributed by atoms with Crippen molar-refractivity contribution in [2.24, 2.45) is 5.92 Å². The van der Waals surface area contributed by atoms with E-state index >= 15 is 0 Å². The zero-order valence-corrected chi connectivity index (χ0v) is 17.5. The Balaban J connectivity index is 1.28. The van der Waals surface area contributed by atoms with Gasteiger partial charge in [-0.25, -0.2) is 0 Å². The third-order valence-electron chi connectivity index (χ3n) is 6.09. The molecule has 2 heterocycles. The number of carbonyl (C=O) groups is 1. The Hall–Kier alpha value is -1.18. The predicted molar refractivity (Wildman–Crippen MR) is 111 cm³/mol. The van der Waals surface area contributed by atoms with Gasteiger partial charge in [-0.05, 0) is 49.3 Å². The van der Waals surface area contributed by atoms with Gasteiger partial charge in [-0.1, -0.05) is 23.7 Å². The molecule has 0 spiro atoms. The summed E-state index contributed by atoms with van der Waals surface area (Å²) in [7, 11) is 0. The lowest BCUT2D eigenvalue weighted by Gasteiger charge is -2.44. The van der Waals surface area contributed by atoms with Crippen LogP contribution in [0.4, 0.5) is 0 Å². The van der Waals surface area contributed by atoms with Crippen LogP contribution in [-0.4, -0.2) is 66.6 Å². The molecule has 2 saturated heterocycles. The molecule has 3 fully saturated rings. The number of carbonyl (C=O) groups excluding carboxylic acids is 1. The smallest absolute Gasteiger partial charge is 0.222 e. The van der Waals surface area contributed by atoms with E-state index < -0.39 is 6.10 Å². The van der Waals surface area contributed by atoms with Crippen molar-refractivity contribution in [3.8, 4) is 0 Å². The molecule has 0 aromatic heterocycles. The first-order valence-electron chi connectivity index (χ1n) is 10.7. The molecular weight excluding hydrogens is 392 g/mol. The summed E-state index contributed by atoms with van der Waals surface area (Å²) in [6, 6.07) is 7.75. The molecular formula is C22H31ClN2O4. The number of hydrogen-bond acceptors (Lipinski definition) is 5. The van der Waals surface area contributed by atoms with E-state index in [4.69, 9.17) is 21.1 Å². The number of nitrogens with one attached hydrogen (secondary N) is 1. The number of rotatable bonds is 6. The van der Waals surface area contributed by atoms with E-state index in [0.29, 0.717) is 37.7 Å². The molecule has 4 atom stereocenters. The highest BCUT2D eigenvalue weighted by atomic mass is 35.5. The van der Waals surface area contributed by atoms with E-state index in [2.05, 4.69) is 10.2 Å². The van der Waals surface area contributed by atoms with Crippen molar-refractivity contribution in [3.05, 3.63) is 34.9 Å². The lowest BCUT2D eigenvalue weighted by molar-refractivity contribution is -0.157. The highest BCUT2D eigenvalue weighted by Crippen LogP contribution is 2.34. The Morgan fingerprint density at radius 3 is 2.72 bits per heavy atom. The normalized spacial score (nSPS) is 30.8. The van der Waals surface area contributed by atoms with Crippen molar-refractivity contribution >= 4 is 17.5 Å². The number of aliphatic hydroxyl groups excluding tert-OH is 1. The van der Waals surface area contributed by atoms with E-state index in [1.807, 2.05) is 24.3 Å². The van der Waals surface area contributed by atoms with Crippen molar-refractivity contribution < 1.29 is 19.4 Å². The van der Waals surface area contributed by atoms with Gasteiger partial charge in [0.1, 0.15) is 0 Å². The lowest BCUT2D eigenvalue weighted by atomic mass is 9.94. The molecule has 6 nitrogen and oxygen atoms in total. The fourth-order valence-corrected chi connectivity index (χ4v) is 4.50. The Morgan fingerprint density at radius 1 is 1.17 bits per heavy atom. The summed E-state index contributed by atoms with van der Waals surface area (Å²) in [4.78, 5) is 14.8. The molecule has 0 unspecified atom stereocenters. The van der Waals surface area contributed by atoms with Gasteiger partial charge in [0.05, 0.1) is 37.9 Å². The number of β-amino-alcohol motifs (C(OH)–C–C–N with tert-alkyl or cyclic N) is 1. The molecule has 1 aliphatic carbocycles. The van der Waals surface area contributed by atoms with Crippen LogP contribution < -0.4 is 5.32 Å². The van der Waals surface area contributed by atoms with Crippen molar-refractivity contribution in [3.63, 3.8) is 0 Å². The summed E-state index contributed by atoms with van der Waals surface area (Å²) in [5.74, 6) is 0.764. The first-order chi connectivity index (χ1) is 14.1. The maximum absolute atomic E-state index is 12.4. The van der Waals surface area contributed by atoms with Gasteiger partial charge in [0, 0.05) is 30.7 Å². The topological polar surface area (TPSA) is 71.0 Å². The maximum Gasteiger partial charge on any atom is 0.222 e. The van der Waals surface area contributed by atoms with Crippen LogP contribution in [0.25, 0.3) is 0 Å². The Morgan fingerprint density at radius 2 is 1.97 bits per heavy atom. The van der Waals surface area contributed by atoms with Crippen LogP contribution >= 0.6 is 11.6 Å². The monoisotopic (exact) mass is 422 g/mol. The summed E-state index contributed by atoms with van der Waals surface area (Å²) in [5, 5.41) is 13.8. The average molecular weight is 423 g/mol. The van der Waals surface area contributed by atoms with Gasteiger partial charge in [-0.15, -0.1) is 0 Å². The number of amides is 1. The van der Waals surface area contributed by atoms with Crippen molar-refractivity contribution in [2.75, 3.05) is 26.3 Å². The third-order valence-corrected chi connectivity index (χ3v) is 6.35. The summed E-state index contributed by atoms with van der Waals surface area (Å²) in [5.41, 5.74) is 1.02. The van der Waals surface area contributed by atoms with Gasteiger partial charge in [-0.2, -0.15) is 0 Å². The number of halogens is 1. The largest absolute Gasteiger partial charge is 0.389 e. The lowest BCUT2D eigenvalue weighted by Crippen LogP contribution is -2.56. The zero-order valence-electron chi connectivity index (χ0n) is 16.8. The fraction of sp³-hybridized carbons (Fsp3) is 0.682. The molecule has 1 saturated carbocycles. The number of fused-ring (bicyclic) bond motifs is 1. The van der Waals surface area contributed by atoms with Gasteiger partial charge in [-0.3, -0.25) is 9.69 Å². The summed E-state index contributed by atoms with van der Waals surface area (Å²) >= 11 is 5.90. The molecule has 2 N–H and O–H groups in total. The highest BCUT2D eigenvalue weighted by Gasteiger charge is 2.39.